The topological polar surface area (TPSA) is 126 Å². The molecule has 0 fully saturated rings. The predicted octanol–water partition coefficient (Wildman–Crippen LogP) is 3.76. The summed E-state index contributed by atoms with van der Waals surface area (Å²) in [4.78, 5) is 66.9. The third kappa shape index (κ3) is 3.82. The number of benzene rings is 3. The number of carbonyl (C=O) groups excluding carboxylic acids is 4. The van der Waals surface area contributed by atoms with Crippen LogP contribution in [0.3, 0.4) is 0 Å². The fourth-order valence-electron chi connectivity index (χ4n) is 4.05. The van der Waals surface area contributed by atoms with E-state index in [4.69, 9.17) is 4.74 Å². The van der Waals surface area contributed by atoms with Crippen LogP contribution in [-0.4, -0.2) is 35.3 Å². The fourth-order valence-corrected chi connectivity index (χ4v) is 4.05. The molecule has 0 radical (unpaired) electrons. The van der Waals surface area contributed by atoms with Gasteiger partial charge in [-0.1, -0.05) is 12.1 Å². The highest BCUT2D eigenvalue weighted by Gasteiger charge is 2.36. The minimum absolute atomic E-state index is 0.128. The van der Waals surface area contributed by atoms with Crippen LogP contribution < -0.4 is 15.6 Å². The highest BCUT2D eigenvalue weighted by atomic mass is 16.5. The molecule has 1 aliphatic rings. The summed E-state index contributed by atoms with van der Waals surface area (Å²) in [5, 5.41) is 2.94. The zero-order valence-electron chi connectivity index (χ0n) is 19.0. The Morgan fingerprint density at radius 1 is 0.917 bits per heavy atom. The van der Waals surface area contributed by atoms with Crippen molar-refractivity contribution in [3.8, 4) is 0 Å². The summed E-state index contributed by atoms with van der Waals surface area (Å²) in [6.45, 7) is 1.78. The van der Waals surface area contributed by atoms with Crippen molar-refractivity contribution in [2.24, 2.45) is 0 Å². The molecule has 4 aromatic rings. The van der Waals surface area contributed by atoms with Gasteiger partial charge in [-0.05, 0) is 61.5 Å². The van der Waals surface area contributed by atoms with Crippen LogP contribution in [0, 0.1) is 0 Å². The van der Waals surface area contributed by atoms with E-state index >= 15 is 0 Å². The molecule has 0 saturated carbocycles. The summed E-state index contributed by atoms with van der Waals surface area (Å²) < 4.78 is 4.91. The molecule has 0 aliphatic carbocycles. The second-order valence-electron chi connectivity index (χ2n) is 8.00. The lowest BCUT2D eigenvalue weighted by atomic mass is 10.1. The maximum Gasteiger partial charge on any atom is 0.343 e. The Balaban J connectivity index is 1.37. The molecule has 178 valence electrons. The minimum Gasteiger partial charge on any atom is -0.462 e. The summed E-state index contributed by atoms with van der Waals surface area (Å²) in [5.74, 6) is -2.03. The summed E-state index contributed by atoms with van der Waals surface area (Å²) in [6, 6.07) is 17.3. The van der Waals surface area contributed by atoms with E-state index in [1.807, 2.05) is 0 Å². The van der Waals surface area contributed by atoms with Crippen molar-refractivity contribution < 1.29 is 23.9 Å². The molecule has 0 unspecified atom stereocenters. The van der Waals surface area contributed by atoms with Crippen LogP contribution in [-0.2, 0) is 4.74 Å². The number of imide groups is 1. The van der Waals surface area contributed by atoms with E-state index in [-0.39, 0.29) is 23.1 Å². The Morgan fingerprint density at radius 2 is 1.58 bits per heavy atom. The molecule has 9 heteroatoms. The summed E-state index contributed by atoms with van der Waals surface area (Å²) in [7, 11) is 0. The SMILES string of the molecule is CCOC(=O)c1c[nH]c2ccc(NC(=O)c3ccc(N4C(=O)c5ccccc5C4=O)cc3)cc2c1=O. The van der Waals surface area contributed by atoms with Crippen LogP contribution in [0.25, 0.3) is 10.9 Å². The normalized spacial score (nSPS) is 12.5. The van der Waals surface area contributed by atoms with E-state index in [9.17, 15) is 24.0 Å². The van der Waals surface area contributed by atoms with Crippen molar-refractivity contribution >= 4 is 46.0 Å². The molecule has 1 aromatic heterocycles. The number of nitrogens with zero attached hydrogens (tertiary/aromatic N) is 1. The van der Waals surface area contributed by atoms with Crippen LogP contribution in [0.15, 0.2) is 77.7 Å². The van der Waals surface area contributed by atoms with Gasteiger partial charge in [-0.25, -0.2) is 9.69 Å². The van der Waals surface area contributed by atoms with Crippen LogP contribution >= 0.6 is 0 Å². The van der Waals surface area contributed by atoms with Gasteiger partial charge in [0.1, 0.15) is 5.56 Å². The van der Waals surface area contributed by atoms with Crippen molar-refractivity contribution in [1.82, 2.24) is 4.98 Å². The zero-order chi connectivity index (χ0) is 25.4. The average Bonchev–Trinajstić information content (AvgIpc) is 3.14. The van der Waals surface area contributed by atoms with Crippen molar-refractivity contribution in [1.29, 1.82) is 0 Å². The zero-order valence-corrected chi connectivity index (χ0v) is 19.0. The smallest absolute Gasteiger partial charge is 0.343 e. The van der Waals surface area contributed by atoms with Crippen molar-refractivity contribution in [3.63, 3.8) is 0 Å². The second-order valence-corrected chi connectivity index (χ2v) is 8.00. The van der Waals surface area contributed by atoms with Gasteiger partial charge in [-0.3, -0.25) is 19.2 Å². The van der Waals surface area contributed by atoms with E-state index in [1.165, 1.54) is 36.5 Å². The Kier molecular flexibility index (Phi) is 5.65. The maximum absolute atomic E-state index is 12.8. The number of nitrogens with one attached hydrogen (secondary N) is 2. The Hall–Kier alpha value is -5.05. The number of pyridine rings is 1. The average molecular weight is 481 g/mol. The van der Waals surface area contributed by atoms with E-state index in [0.717, 1.165) is 4.90 Å². The number of aromatic amines is 1. The first-order valence-electron chi connectivity index (χ1n) is 11.1. The molecule has 2 heterocycles. The highest BCUT2D eigenvalue weighted by Crippen LogP contribution is 2.28. The van der Waals surface area contributed by atoms with Gasteiger partial charge in [-0.2, -0.15) is 0 Å². The first-order valence-corrected chi connectivity index (χ1v) is 11.1. The highest BCUT2D eigenvalue weighted by molar-refractivity contribution is 6.34. The lowest BCUT2D eigenvalue weighted by Gasteiger charge is -2.14. The molecule has 9 nitrogen and oxygen atoms in total. The number of rotatable bonds is 5. The quantitative estimate of drug-likeness (QED) is 0.330. The third-order valence-electron chi connectivity index (χ3n) is 5.82. The number of ether oxygens (including phenoxy) is 1. The summed E-state index contributed by atoms with van der Waals surface area (Å²) in [6.07, 6.45) is 1.30. The van der Waals surface area contributed by atoms with Crippen molar-refractivity contribution in [3.05, 3.63) is 105 Å². The second kappa shape index (κ2) is 8.95. The standard InChI is InChI=1S/C27H19N3O6/c1-2-36-27(35)21-14-28-22-12-9-16(13-20(22)23(21)31)29-24(32)15-7-10-17(11-8-15)30-25(33)18-5-3-4-6-19(18)26(30)34/h3-14H,2H2,1H3,(H,28,31)(H,29,32). The predicted molar refractivity (Wildman–Crippen MR) is 133 cm³/mol. The largest absolute Gasteiger partial charge is 0.462 e. The van der Waals surface area contributed by atoms with Gasteiger partial charge in [0.05, 0.1) is 23.4 Å². The van der Waals surface area contributed by atoms with E-state index in [1.54, 1.807) is 43.3 Å². The first-order chi connectivity index (χ1) is 17.4. The van der Waals surface area contributed by atoms with Gasteiger partial charge in [0.15, 0.2) is 0 Å². The van der Waals surface area contributed by atoms with E-state index in [0.29, 0.717) is 28.0 Å². The molecule has 0 spiro atoms. The molecule has 36 heavy (non-hydrogen) atoms. The lowest BCUT2D eigenvalue weighted by Crippen LogP contribution is -2.29. The molecular formula is C27H19N3O6. The Morgan fingerprint density at radius 3 is 2.22 bits per heavy atom. The molecule has 3 amide bonds. The lowest BCUT2D eigenvalue weighted by molar-refractivity contribution is 0.0524. The van der Waals surface area contributed by atoms with Crippen molar-refractivity contribution in [2.75, 3.05) is 16.8 Å². The summed E-state index contributed by atoms with van der Waals surface area (Å²) >= 11 is 0. The molecule has 0 saturated heterocycles. The number of hydrogen-bond acceptors (Lipinski definition) is 6. The van der Waals surface area contributed by atoms with Gasteiger partial charge in [-0.15, -0.1) is 0 Å². The third-order valence-corrected chi connectivity index (χ3v) is 5.82. The number of anilines is 2. The molecule has 2 N–H and O–H groups in total. The van der Waals surface area contributed by atoms with Gasteiger partial charge in [0, 0.05) is 28.4 Å². The Labute approximate surface area is 204 Å². The number of aromatic nitrogens is 1. The van der Waals surface area contributed by atoms with Crippen molar-refractivity contribution in [2.45, 2.75) is 6.92 Å². The fraction of sp³-hybridized carbons (Fsp3) is 0.0741. The van der Waals surface area contributed by atoms with Gasteiger partial charge in [0.25, 0.3) is 17.7 Å². The number of esters is 1. The van der Waals surface area contributed by atoms with Crippen LogP contribution in [0.1, 0.15) is 48.4 Å². The first kappa shape index (κ1) is 22.7. The van der Waals surface area contributed by atoms with Crippen LogP contribution in [0.5, 0.6) is 0 Å². The van der Waals surface area contributed by atoms with Gasteiger partial charge < -0.3 is 15.0 Å². The van der Waals surface area contributed by atoms with Gasteiger partial charge >= 0.3 is 5.97 Å². The number of hydrogen-bond donors (Lipinski definition) is 2. The van der Waals surface area contributed by atoms with Crippen LogP contribution in [0.2, 0.25) is 0 Å². The molecular weight excluding hydrogens is 462 g/mol. The van der Waals surface area contributed by atoms with E-state index in [2.05, 4.69) is 10.3 Å². The van der Waals surface area contributed by atoms with Crippen LogP contribution in [0.4, 0.5) is 11.4 Å². The number of carbonyl (C=O) groups is 4. The van der Waals surface area contributed by atoms with Gasteiger partial charge in [0.2, 0.25) is 5.43 Å². The van der Waals surface area contributed by atoms with E-state index < -0.39 is 29.1 Å². The summed E-state index contributed by atoms with van der Waals surface area (Å²) in [5.41, 5.74) is 1.51. The number of fused-ring (bicyclic) bond motifs is 2. The molecule has 0 bridgehead atoms. The monoisotopic (exact) mass is 481 g/mol. The molecule has 3 aromatic carbocycles. The Bertz CT molecular complexity index is 1590. The number of H-pyrrole nitrogens is 1. The molecule has 1 aliphatic heterocycles. The minimum atomic E-state index is -0.728. The number of amides is 3. The molecule has 0 atom stereocenters. The maximum atomic E-state index is 12.8. The molecule has 5 rings (SSSR count).